The molecule has 1 fully saturated rings. The zero-order chi connectivity index (χ0) is 10.0. The molecule has 0 amide bonds. The van der Waals surface area contributed by atoms with Crippen molar-refractivity contribution in [2.24, 2.45) is 17.8 Å². The lowest BCUT2D eigenvalue weighted by molar-refractivity contribution is -0.158. The number of carboxylic acids is 2. The minimum Gasteiger partial charge on any atom is -0.481 e. The van der Waals surface area contributed by atoms with Gasteiger partial charge in [-0.2, -0.15) is 0 Å². The third-order valence-corrected chi connectivity index (χ3v) is 2.82. The van der Waals surface area contributed by atoms with E-state index < -0.39 is 23.8 Å². The van der Waals surface area contributed by atoms with E-state index in [1.165, 1.54) is 0 Å². The topological polar surface area (TPSA) is 74.6 Å². The Morgan fingerprint density at radius 2 is 1.71 bits per heavy atom. The van der Waals surface area contributed by atoms with E-state index in [0.717, 1.165) is 12.8 Å². The van der Waals surface area contributed by atoms with Gasteiger partial charge in [0, 0.05) is 0 Å². The van der Waals surface area contributed by atoms with Gasteiger partial charge in [-0.05, 0) is 18.8 Å². The Labute approximate surface area is 93.4 Å². The van der Waals surface area contributed by atoms with Crippen molar-refractivity contribution in [3.05, 3.63) is 0 Å². The maximum absolute atomic E-state index is 10.8. The van der Waals surface area contributed by atoms with Gasteiger partial charge < -0.3 is 10.2 Å². The van der Waals surface area contributed by atoms with Gasteiger partial charge in [-0.3, -0.25) is 9.59 Å². The van der Waals surface area contributed by atoms with Crippen molar-refractivity contribution in [3.8, 4) is 0 Å². The molecule has 0 bridgehead atoms. The number of aliphatic carboxylic acids is 2. The number of hydrogen-bond acceptors (Lipinski definition) is 2. The van der Waals surface area contributed by atoms with Crippen molar-refractivity contribution in [2.45, 2.75) is 26.2 Å². The van der Waals surface area contributed by atoms with Crippen molar-refractivity contribution < 1.29 is 19.8 Å². The summed E-state index contributed by atoms with van der Waals surface area (Å²) in [6.07, 6.45) is 2.14. The standard InChI is InChI=1S/C9H14O4.Al.3H/c1-5-3-2-4-6(8(10)11)7(5)9(12)13;;;;/h5-7H,2-4H2,1H3,(H,10,11)(H,12,13);;;;. The van der Waals surface area contributed by atoms with Crippen molar-refractivity contribution in [3.63, 3.8) is 0 Å². The molecular weight excluding hydrogens is 199 g/mol. The molecule has 0 spiro atoms. The fourth-order valence-corrected chi connectivity index (χ4v) is 2.11. The summed E-state index contributed by atoms with van der Waals surface area (Å²) in [5.41, 5.74) is 0. The van der Waals surface area contributed by atoms with Crippen LogP contribution >= 0.6 is 0 Å². The second-order valence-electron chi connectivity index (χ2n) is 3.72. The lowest BCUT2D eigenvalue weighted by atomic mass is 9.73. The van der Waals surface area contributed by atoms with Crippen molar-refractivity contribution in [1.29, 1.82) is 0 Å². The Bertz CT molecular complexity index is 229. The lowest BCUT2D eigenvalue weighted by Gasteiger charge is -2.30. The van der Waals surface area contributed by atoms with E-state index in [0.29, 0.717) is 6.42 Å². The van der Waals surface area contributed by atoms with Crippen LogP contribution in [-0.4, -0.2) is 39.5 Å². The molecule has 0 saturated heterocycles. The molecule has 0 heterocycles. The van der Waals surface area contributed by atoms with Gasteiger partial charge in [0.15, 0.2) is 17.4 Å². The fourth-order valence-electron chi connectivity index (χ4n) is 2.11. The molecule has 1 rings (SSSR count). The van der Waals surface area contributed by atoms with Crippen LogP contribution in [0.3, 0.4) is 0 Å². The maximum Gasteiger partial charge on any atom is 0.307 e. The summed E-state index contributed by atoms with van der Waals surface area (Å²) >= 11 is 0. The second-order valence-corrected chi connectivity index (χ2v) is 3.72. The molecule has 0 aliphatic heterocycles. The molecule has 14 heavy (non-hydrogen) atoms. The molecule has 0 aromatic rings. The first kappa shape index (κ1) is 13.5. The molecule has 3 unspecified atom stereocenters. The SMILES string of the molecule is CC1CCCC(C(=O)O)C1C(=O)O.[AlH3]. The Hall–Kier alpha value is -0.528. The largest absolute Gasteiger partial charge is 0.481 e. The van der Waals surface area contributed by atoms with Crippen LogP contribution in [0.2, 0.25) is 0 Å². The number of hydrogen-bond donors (Lipinski definition) is 2. The van der Waals surface area contributed by atoms with E-state index in [1.54, 1.807) is 0 Å². The molecule has 1 saturated carbocycles. The van der Waals surface area contributed by atoms with E-state index in [9.17, 15) is 9.59 Å². The highest BCUT2D eigenvalue weighted by Crippen LogP contribution is 2.34. The first-order valence-corrected chi connectivity index (χ1v) is 4.49. The zero-order valence-corrected chi connectivity index (χ0v) is 7.56. The third kappa shape index (κ3) is 2.73. The Kier molecular flexibility index (Phi) is 5.17. The molecule has 0 aromatic carbocycles. The summed E-state index contributed by atoms with van der Waals surface area (Å²) in [5, 5.41) is 17.7. The van der Waals surface area contributed by atoms with Crippen LogP contribution in [-0.2, 0) is 9.59 Å². The van der Waals surface area contributed by atoms with Crippen LogP contribution < -0.4 is 0 Å². The van der Waals surface area contributed by atoms with Gasteiger partial charge in [-0.15, -0.1) is 0 Å². The van der Waals surface area contributed by atoms with E-state index >= 15 is 0 Å². The highest BCUT2D eigenvalue weighted by molar-refractivity contribution is 5.80. The van der Waals surface area contributed by atoms with Gasteiger partial charge in [0.05, 0.1) is 11.8 Å². The molecule has 0 radical (unpaired) electrons. The van der Waals surface area contributed by atoms with Crippen LogP contribution in [0, 0.1) is 17.8 Å². The summed E-state index contributed by atoms with van der Waals surface area (Å²) in [5.74, 6) is -3.36. The van der Waals surface area contributed by atoms with Gasteiger partial charge in [-0.25, -0.2) is 0 Å². The van der Waals surface area contributed by atoms with Gasteiger partial charge in [0.1, 0.15) is 0 Å². The first-order chi connectivity index (χ1) is 6.04. The van der Waals surface area contributed by atoms with Gasteiger partial charge in [-0.1, -0.05) is 13.3 Å². The minimum atomic E-state index is -0.973. The number of carbonyl (C=O) groups is 2. The summed E-state index contributed by atoms with van der Waals surface area (Å²) in [6, 6.07) is 0. The molecule has 2 N–H and O–H groups in total. The number of carboxylic acid groups (broad SMARTS) is 2. The number of rotatable bonds is 2. The Balaban J connectivity index is 0.00000169. The van der Waals surface area contributed by atoms with E-state index in [1.807, 2.05) is 6.92 Å². The molecule has 5 heteroatoms. The highest BCUT2D eigenvalue weighted by Gasteiger charge is 2.39. The van der Waals surface area contributed by atoms with Crippen LogP contribution in [0.25, 0.3) is 0 Å². The summed E-state index contributed by atoms with van der Waals surface area (Å²) < 4.78 is 0. The highest BCUT2D eigenvalue weighted by atomic mass is 27.0. The van der Waals surface area contributed by atoms with Crippen molar-refractivity contribution in [2.75, 3.05) is 0 Å². The molecule has 1 aliphatic carbocycles. The Morgan fingerprint density at radius 1 is 1.14 bits per heavy atom. The molecule has 80 valence electrons. The molecular formula is C9H17AlO4. The quantitative estimate of drug-likeness (QED) is 0.638. The summed E-state index contributed by atoms with van der Waals surface area (Å²) in [4.78, 5) is 21.6. The van der Waals surface area contributed by atoms with Gasteiger partial charge in [0.2, 0.25) is 0 Å². The molecule has 3 atom stereocenters. The Morgan fingerprint density at radius 3 is 2.07 bits per heavy atom. The lowest BCUT2D eigenvalue weighted by Crippen LogP contribution is -2.37. The average molecular weight is 216 g/mol. The third-order valence-electron chi connectivity index (χ3n) is 2.82. The monoisotopic (exact) mass is 216 g/mol. The molecule has 4 nitrogen and oxygen atoms in total. The van der Waals surface area contributed by atoms with Gasteiger partial charge in [0.25, 0.3) is 0 Å². The molecule has 1 aliphatic rings. The summed E-state index contributed by atoms with van der Waals surface area (Å²) in [6.45, 7) is 1.81. The van der Waals surface area contributed by atoms with E-state index in [-0.39, 0.29) is 23.3 Å². The predicted octanol–water partition coefficient (Wildman–Crippen LogP) is 0.0241. The average Bonchev–Trinajstić information content (AvgIpc) is 2.02. The summed E-state index contributed by atoms with van der Waals surface area (Å²) in [7, 11) is 0. The van der Waals surface area contributed by atoms with Crippen LogP contribution in [0.1, 0.15) is 26.2 Å². The van der Waals surface area contributed by atoms with Crippen molar-refractivity contribution in [1.82, 2.24) is 0 Å². The second kappa shape index (κ2) is 5.38. The van der Waals surface area contributed by atoms with Crippen LogP contribution in [0.5, 0.6) is 0 Å². The van der Waals surface area contributed by atoms with E-state index in [4.69, 9.17) is 10.2 Å². The van der Waals surface area contributed by atoms with Crippen LogP contribution in [0.15, 0.2) is 0 Å². The predicted molar refractivity (Wildman–Crippen MR) is 55.2 cm³/mol. The van der Waals surface area contributed by atoms with Crippen molar-refractivity contribution >= 4 is 29.3 Å². The van der Waals surface area contributed by atoms with Gasteiger partial charge >= 0.3 is 11.9 Å². The fraction of sp³-hybridized carbons (Fsp3) is 0.778. The zero-order valence-electron chi connectivity index (χ0n) is 7.56. The normalized spacial score (nSPS) is 31.6. The maximum atomic E-state index is 10.8. The van der Waals surface area contributed by atoms with Crippen LogP contribution in [0.4, 0.5) is 0 Å². The van der Waals surface area contributed by atoms with E-state index in [2.05, 4.69) is 0 Å². The smallest absolute Gasteiger partial charge is 0.307 e. The molecule has 0 aromatic heterocycles. The first-order valence-electron chi connectivity index (χ1n) is 4.49. The minimum absolute atomic E-state index is 0.